The van der Waals surface area contributed by atoms with Gasteiger partial charge in [0.2, 0.25) is 0 Å². The Hall–Kier alpha value is -0.623. The van der Waals surface area contributed by atoms with E-state index in [0.29, 0.717) is 10.8 Å². The first-order valence-electron chi connectivity index (χ1n) is 6.97. The summed E-state index contributed by atoms with van der Waals surface area (Å²) in [5, 5.41) is 9.63. The molecule has 0 unspecified atom stereocenters. The van der Waals surface area contributed by atoms with Crippen LogP contribution in [0.2, 0.25) is 5.02 Å². The van der Waals surface area contributed by atoms with Gasteiger partial charge in [-0.15, -0.1) is 0 Å². The molecule has 5 heteroatoms. The number of methoxy groups -OCH3 is 1. The van der Waals surface area contributed by atoms with E-state index < -0.39 is 5.97 Å². The van der Waals surface area contributed by atoms with E-state index in [1.54, 1.807) is 0 Å². The van der Waals surface area contributed by atoms with E-state index in [4.69, 9.17) is 21.4 Å². The smallest absolute Gasteiger partial charge is 0.496 e. The summed E-state index contributed by atoms with van der Waals surface area (Å²) in [6.07, 6.45) is 6.19. The third-order valence-corrected chi connectivity index (χ3v) is 3.67. The third-order valence-electron chi connectivity index (χ3n) is 3.33. The van der Waals surface area contributed by atoms with Crippen LogP contribution in [-0.4, -0.2) is 18.2 Å². The Morgan fingerprint density at radius 3 is 2.33 bits per heavy atom. The van der Waals surface area contributed by atoms with Crippen LogP contribution in [0, 0.1) is 6.92 Å². The number of carboxylic acid groups (broad SMARTS) is 1. The van der Waals surface area contributed by atoms with Crippen LogP contribution in [0.1, 0.15) is 54.1 Å². The standard InChI is InChI=1S/C12H13ClO3.C4H9.Li/c1-16-11-8-5-3-2-4-7(8)10(13)6-9(11)12(14)15;1-3-4-2;/h6H,2-5H2,1H3,(H,14,15);1,3-4H2,2H3;/q;-1;+1. The molecule has 1 aliphatic carbocycles. The van der Waals surface area contributed by atoms with E-state index in [-0.39, 0.29) is 24.4 Å². The predicted molar refractivity (Wildman–Crippen MR) is 81.9 cm³/mol. The van der Waals surface area contributed by atoms with Gasteiger partial charge in [0.25, 0.3) is 0 Å². The Bertz CT molecular complexity index is 473. The Morgan fingerprint density at radius 1 is 1.38 bits per heavy atom. The number of aromatic carboxylic acids is 1. The summed E-state index contributed by atoms with van der Waals surface area (Å²) in [5.41, 5.74) is 2.18. The van der Waals surface area contributed by atoms with Gasteiger partial charge < -0.3 is 16.8 Å². The molecule has 0 atom stereocenters. The normalized spacial score (nSPS) is 12.4. The van der Waals surface area contributed by atoms with Gasteiger partial charge in [-0.05, 0) is 42.9 Å². The minimum Gasteiger partial charge on any atom is -0.496 e. The quantitative estimate of drug-likeness (QED) is 0.681. The van der Waals surface area contributed by atoms with E-state index in [1.807, 2.05) is 0 Å². The zero-order valence-electron chi connectivity index (χ0n) is 13.2. The monoisotopic (exact) mass is 304 g/mol. The molecule has 1 aromatic rings. The minimum absolute atomic E-state index is 0. The summed E-state index contributed by atoms with van der Waals surface area (Å²) in [4.78, 5) is 11.1. The van der Waals surface area contributed by atoms with E-state index in [9.17, 15) is 4.79 Å². The number of fused-ring (bicyclic) bond motifs is 1. The Morgan fingerprint density at radius 2 is 1.90 bits per heavy atom. The fraction of sp³-hybridized carbons (Fsp3) is 0.500. The van der Waals surface area contributed by atoms with E-state index in [1.165, 1.54) is 19.6 Å². The van der Waals surface area contributed by atoms with Crippen LogP contribution in [-0.2, 0) is 12.8 Å². The third kappa shape index (κ3) is 5.25. The van der Waals surface area contributed by atoms with Crippen LogP contribution in [0.25, 0.3) is 0 Å². The fourth-order valence-electron chi connectivity index (χ4n) is 2.25. The summed E-state index contributed by atoms with van der Waals surface area (Å²) in [5.74, 6) is -0.515. The van der Waals surface area contributed by atoms with E-state index in [2.05, 4.69) is 13.8 Å². The van der Waals surface area contributed by atoms with Crippen molar-refractivity contribution in [2.45, 2.75) is 45.4 Å². The van der Waals surface area contributed by atoms with Crippen molar-refractivity contribution in [2.24, 2.45) is 0 Å². The van der Waals surface area contributed by atoms with Crippen molar-refractivity contribution in [3.63, 3.8) is 0 Å². The molecule has 0 spiro atoms. The van der Waals surface area contributed by atoms with Crippen molar-refractivity contribution >= 4 is 17.6 Å². The molecule has 0 saturated carbocycles. The van der Waals surface area contributed by atoms with Crippen molar-refractivity contribution in [1.82, 2.24) is 0 Å². The predicted octanol–water partition coefficient (Wildman–Crippen LogP) is 1.55. The Labute approximate surface area is 144 Å². The average molecular weight is 305 g/mol. The van der Waals surface area contributed by atoms with Gasteiger partial charge >= 0.3 is 24.8 Å². The van der Waals surface area contributed by atoms with Crippen molar-refractivity contribution in [3.05, 3.63) is 34.7 Å². The minimum atomic E-state index is -0.993. The van der Waals surface area contributed by atoms with Crippen LogP contribution in [0.4, 0.5) is 0 Å². The molecule has 21 heavy (non-hydrogen) atoms. The van der Waals surface area contributed by atoms with Crippen LogP contribution in [0.15, 0.2) is 6.07 Å². The molecule has 3 nitrogen and oxygen atoms in total. The molecule has 0 fully saturated rings. The second kappa shape index (κ2) is 10.2. The first-order valence-corrected chi connectivity index (χ1v) is 7.35. The number of halogens is 1. The van der Waals surface area contributed by atoms with Crippen molar-refractivity contribution in [3.8, 4) is 5.75 Å². The largest absolute Gasteiger partial charge is 1.00 e. The maximum Gasteiger partial charge on any atom is 1.00 e. The van der Waals surface area contributed by atoms with Crippen LogP contribution in [0.3, 0.4) is 0 Å². The summed E-state index contributed by atoms with van der Waals surface area (Å²) in [7, 11) is 1.50. The summed E-state index contributed by atoms with van der Waals surface area (Å²) in [6.45, 7) is 5.72. The molecular formula is C16H22ClLiO3. The molecular weight excluding hydrogens is 283 g/mol. The van der Waals surface area contributed by atoms with Gasteiger partial charge in [0.15, 0.2) is 0 Å². The SMILES string of the molecule is COc1c(C(=O)O)cc(Cl)c2c1CCCC2.[CH2-]CCC.[Li+]. The number of unbranched alkanes of at least 4 members (excludes halogenated alkanes) is 1. The number of rotatable bonds is 3. The van der Waals surface area contributed by atoms with Gasteiger partial charge in [-0.25, -0.2) is 4.79 Å². The molecule has 2 rings (SSSR count). The molecule has 0 amide bonds. The summed E-state index contributed by atoms with van der Waals surface area (Å²) < 4.78 is 5.22. The first-order chi connectivity index (χ1) is 9.56. The van der Waals surface area contributed by atoms with E-state index >= 15 is 0 Å². The number of carboxylic acids is 1. The van der Waals surface area contributed by atoms with Gasteiger partial charge in [-0.2, -0.15) is 6.42 Å². The molecule has 0 aromatic heterocycles. The van der Waals surface area contributed by atoms with Crippen molar-refractivity contribution in [2.75, 3.05) is 7.11 Å². The first kappa shape index (κ1) is 20.4. The van der Waals surface area contributed by atoms with Gasteiger partial charge in [0, 0.05) is 5.02 Å². The molecule has 0 heterocycles. The van der Waals surface area contributed by atoms with Crippen LogP contribution in [0.5, 0.6) is 5.75 Å². The van der Waals surface area contributed by atoms with Gasteiger partial charge in [0.05, 0.1) is 7.11 Å². The zero-order chi connectivity index (χ0) is 15.1. The topological polar surface area (TPSA) is 46.5 Å². The number of benzene rings is 1. The van der Waals surface area contributed by atoms with Gasteiger partial charge in [0.1, 0.15) is 11.3 Å². The number of ether oxygens (including phenoxy) is 1. The Kier molecular flexibility index (Phi) is 9.86. The number of hydrogen-bond acceptors (Lipinski definition) is 2. The van der Waals surface area contributed by atoms with Gasteiger partial charge in [-0.1, -0.05) is 24.9 Å². The fourth-order valence-corrected chi connectivity index (χ4v) is 2.57. The maximum atomic E-state index is 11.1. The van der Waals surface area contributed by atoms with Crippen molar-refractivity contribution < 1.29 is 33.5 Å². The molecule has 1 N–H and O–H groups in total. The van der Waals surface area contributed by atoms with Crippen LogP contribution >= 0.6 is 11.6 Å². The molecule has 0 saturated heterocycles. The number of carbonyl (C=O) groups is 1. The maximum absolute atomic E-state index is 11.1. The molecule has 0 bridgehead atoms. The van der Waals surface area contributed by atoms with Gasteiger partial charge in [-0.3, -0.25) is 0 Å². The zero-order valence-corrected chi connectivity index (χ0v) is 13.9. The molecule has 0 aliphatic heterocycles. The molecule has 112 valence electrons. The second-order valence-corrected chi connectivity index (χ2v) is 5.17. The number of hydrogen-bond donors (Lipinski definition) is 1. The van der Waals surface area contributed by atoms with Crippen molar-refractivity contribution in [1.29, 1.82) is 0 Å². The van der Waals surface area contributed by atoms with Crippen LogP contribution < -0.4 is 23.6 Å². The second-order valence-electron chi connectivity index (χ2n) is 4.76. The summed E-state index contributed by atoms with van der Waals surface area (Å²) >= 11 is 6.10. The summed E-state index contributed by atoms with van der Waals surface area (Å²) in [6, 6.07) is 1.49. The molecule has 1 aromatic carbocycles. The Balaban J connectivity index is 0.000000715. The average Bonchev–Trinajstić information content (AvgIpc) is 2.47. The molecule has 1 aliphatic rings. The molecule has 0 radical (unpaired) electrons. The van der Waals surface area contributed by atoms with E-state index in [0.717, 1.165) is 43.2 Å².